The Bertz CT molecular complexity index is 654. The first-order chi connectivity index (χ1) is 11.1. The predicted molar refractivity (Wildman–Crippen MR) is 93.2 cm³/mol. The van der Waals surface area contributed by atoms with Gasteiger partial charge in [-0.25, -0.2) is 9.78 Å². The van der Waals surface area contributed by atoms with Crippen molar-refractivity contribution in [1.82, 2.24) is 9.88 Å². The van der Waals surface area contributed by atoms with Gasteiger partial charge in [-0.15, -0.1) is 0 Å². The van der Waals surface area contributed by atoms with Crippen LogP contribution in [0.5, 0.6) is 0 Å². The minimum Gasteiger partial charge on any atom is -0.444 e. The summed E-state index contributed by atoms with van der Waals surface area (Å²) in [5.74, 6) is 0. The number of nitriles is 1. The topological polar surface area (TPSA) is 69.5 Å². The molecular weight excluding hydrogens is 328 g/mol. The number of ether oxygens (including phenoxy) is 1. The minimum absolute atomic E-state index is 0.0157. The quantitative estimate of drug-likeness (QED) is 0.776. The number of nitrogens with zero attached hydrogens (tertiary/aromatic N) is 4. The van der Waals surface area contributed by atoms with Gasteiger partial charge in [-0.2, -0.15) is 5.26 Å². The molecule has 6 nitrogen and oxygen atoms in total. The molecule has 1 aliphatic heterocycles. The fourth-order valence-electron chi connectivity index (χ4n) is 2.89. The van der Waals surface area contributed by atoms with Gasteiger partial charge in [-0.3, -0.25) is 4.90 Å². The number of hydrogen-bond donors (Lipinski definition) is 0. The van der Waals surface area contributed by atoms with Gasteiger partial charge in [0.1, 0.15) is 11.7 Å². The van der Waals surface area contributed by atoms with Crippen LogP contribution in [0.2, 0.25) is 5.02 Å². The molecule has 0 aromatic carbocycles. The first-order valence-electron chi connectivity index (χ1n) is 7.94. The third-order valence-electron chi connectivity index (χ3n) is 3.82. The molecule has 2 atom stereocenters. The van der Waals surface area contributed by atoms with Gasteiger partial charge >= 0.3 is 6.09 Å². The molecule has 7 heteroatoms. The molecule has 1 aromatic rings. The van der Waals surface area contributed by atoms with E-state index in [1.54, 1.807) is 17.2 Å². The molecule has 1 amide bonds. The van der Waals surface area contributed by atoms with E-state index in [9.17, 15) is 4.79 Å². The van der Waals surface area contributed by atoms with Gasteiger partial charge in [0.15, 0.2) is 5.69 Å². The summed E-state index contributed by atoms with van der Waals surface area (Å²) in [5, 5.41) is 9.26. The SMILES string of the molecule is CC1CN(c2cnc(C#N)c(Cl)c2)CC(C)N1C(=O)OC(C)(C)C. The Morgan fingerprint density at radius 1 is 1.38 bits per heavy atom. The summed E-state index contributed by atoms with van der Waals surface area (Å²) in [7, 11) is 0. The summed E-state index contributed by atoms with van der Waals surface area (Å²) >= 11 is 6.08. The molecule has 130 valence electrons. The van der Waals surface area contributed by atoms with Crippen LogP contribution in [0, 0.1) is 11.3 Å². The smallest absolute Gasteiger partial charge is 0.410 e. The number of anilines is 1. The van der Waals surface area contributed by atoms with Crippen molar-refractivity contribution in [3.05, 3.63) is 23.0 Å². The van der Waals surface area contributed by atoms with E-state index >= 15 is 0 Å². The van der Waals surface area contributed by atoms with Gasteiger partial charge < -0.3 is 9.64 Å². The molecule has 1 fully saturated rings. The first-order valence-corrected chi connectivity index (χ1v) is 8.32. The summed E-state index contributed by atoms with van der Waals surface area (Å²) in [6.45, 7) is 10.9. The van der Waals surface area contributed by atoms with E-state index in [0.29, 0.717) is 18.1 Å². The van der Waals surface area contributed by atoms with E-state index in [0.717, 1.165) is 5.69 Å². The Balaban J connectivity index is 2.14. The van der Waals surface area contributed by atoms with Crippen LogP contribution in [-0.2, 0) is 4.74 Å². The first kappa shape index (κ1) is 18.3. The second-order valence-corrected chi connectivity index (χ2v) is 7.53. The number of halogens is 1. The van der Waals surface area contributed by atoms with Crippen molar-refractivity contribution in [2.24, 2.45) is 0 Å². The predicted octanol–water partition coefficient (Wildman–Crippen LogP) is 3.44. The van der Waals surface area contributed by atoms with Crippen LogP contribution in [-0.4, -0.2) is 46.8 Å². The second-order valence-electron chi connectivity index (χ2n) is 7.13. The van der Waals surface area contributed by atoms with Crippen LogP contribution >= 0.6 is 11.6 Å². The molecule has 0 aliphatic carbocycles. The number of hydrogen-bond acceptors (Lipinski definition) is 5. The lowest BCUT2D eigenvalue weighted by Gasteiger charge is -2.45. The van der Waals surface area contributed by atoms with Crippen LogP contribution in [0.3, 0.4) is 0 Å². The van der Waals surface area contributed by atoms with Crippen molar-refractivity contribution in [2.45, 2.75) is 52.3 Å². The molecule has 0 saturated carbocycles. The molecule has 1 saturated heterocycles. The highest BCUT2D eigenvalue weighted by Gasteiger charge is 2.35. The van der Waals surface area contributed by atoms with Crippen LogP contribution in [0.15, 0.2) is 12.3 Å². The average molecular weight is 351 g/mol. The normalized spacial score (nSPS) is 21.4. The number of carbonyl (C=O) groups is 1. The highest BCUT2D eigenvalue weighted by atomic mass is 35.5. The number of piperazine rings is 1. The zero-order valence-corrected chi connectivity index (χ0v) is 15.5. The van der Waals surface area contributed by atoms with E-state index in [1.165, 1.54) is 0 Å². The van der Waals surface area contributed by atoms with E-state index in [-0.39, 0.29) is 23.9 Å². The van der Waals surface area contributed by atoms with Crippen molar-refractivity contribution in [1.29, 1.82) is 5.26 Å². The second kappa shape index (κ2) is 6.86. The average Bonchev–Trinajstić information content (AvgIpc) is 2.44. The van der Waals surface area contributed by atoms with Crippen molar-refractivity contribution in [3.8, 4) is 6.07 Å². The Labute approximate surface area is 148 Å². The Kier molecular flexibility index (Phi) is 5.24. The maximum Gasteiger partial charge on any atom is 0.410 e. The number of aromatic nitrogens is 1. The van der Waals surface area contributed by atoms with Gasteiger partial charge in [0, 0.05) is 13.1 Å². The van der Waals surface area contributed by atoms with Crippen LogP contribution < -0.4 is 4.90 Å². The lowest BCUT2D eigenvalue weighted by Crippen LogP contribution is -2.59. The van der Waals surface area contributed by atoms with Crippen molar-refractivity contribution < 1.29 is 9.53 Å². The highest BCUT2D eigenvalue weighted by molar-refractivity contribution is 6.31. The maximum atomic E-state index is 12.4. The zero-order chi connectivity index (χ0) is 18.1. The van der Waals surface area contributed by atoms with Crippen LogP contribution in [0.4, 0.5) is 10.5 Å². The summed E-state index contributed by atoms with van der Waals surface area (Å²) in [6.07, 6.45) is 1.35. The van der Waals surface area contributed by atoms with Crippen molar-refractivity contribution in [2.75, 3.05) is 18.0 Å². The van der Waals surface area contributed by atoms with Crippen LogP contribution in [0.25, 0.3) is 0 Å². The van der Waals surface area contributed by atoms with E-state index in [1.807, 2.05) is 40.7 Å². The summed E-state index contributed by atoms with van der Waals surface area (Å²) in [5.41, 5.74) is 0.550. The lowest BCUT2D eigenvalue weighted by atomic mass is 10.1. The summed E-state index contributed by atoms with van der Waals surface area (Å²) in [4.78, 5) is 20.4. The largest absolute Gasteiger partial charge is 0.444 e. The molecule has 0 spiro atoms. The Morgan fingerprint density at radius 2 is 1.96 bits per heavy atom. The van der Waals surface area contributed by atoms with Crippen LogP contribution in [0.1, 0.15) is 40.3 Å². The molecule has 2 rings (SSSR count). The number of carbonyl (C=O) groups excluding carboxylic acids is 1. The Hall–Kier alpha value is -2.00. The standard InChI is InChI=1S/C17H23ClN4O2/c1-11-9-21(13-6-14(18)15(7-19)20-8-13)10-12(2)22(11)16(23)24-17(3,4)5/h6,8,11-12H,9-10H2,1-5H3. The third-order valence-corrected chi connectivity index (χ3v) is 4.11. The molecule has 1 aromatic heterocycles. The molecule has 0 bridgehead atoms. The van der Waals surface area contributed by atoms with Gasteiger partial charge in [0.25, 0.3) is 0 Å². The van der Waals surface area contributed by atoms with Gasteiger partial charge in [0.2, 0.25) is 0 Å². The van der Waals surface area contributed by atoms with Gasteiger partial charge in [-0.1, -0.05) is 11.6 Å². The Morgan fingerprint density at radius 3 is 2.42 bits per heavy atom. The monoisotopic (exact) mass is 350 g/mol. The van der Waals surface area contributed by atoms with Gasteiger partial charge in [-0.05, 0) is 40.7 Å². The number of amides is 1. The number of pyridine rings is 1. The van der Waals surface area contributed by atoms with E-state index < -0.39 is 5.60 Å². The lowest BCUT2D eigenvalue weighted by molar-refractivity contribution is 0.00566. The molecule has 0 radical (unpaired) electrons. The van der Waals surface area contributed by atoms with Gasteiger partial charge in [0.05, 0.1) is 29.0 Å². The maximum absolute atomic E-state index is 12.4. The molecule has 24 heavy (non-hydrogen) atoms. The third kappa shape index (κ3) is 4.09. The van der Waals surface area contributed by atoms with Crippen molar-refractivity contribution in [3.63, 3.8) is 0 Å². The summed E-state index contributed by atoms with van der Waals surface area (Å²) < 4.78 is 5.51. The molecule has 0 N–H and O–H groups in total. The molecule has 1 aliphatic rings. The molecule has 2 heterocycles. The molecule has 2 unspecified atom stereocenters. The fourth-order valence-corrected chi connectivity index (χ4v) is 3.09. The highest BCUT2D eigenvalue weighted by Crippen LogP contribution is 2.26. The minimum atomic E-state index is -0.516. The molecular formula is C17H23ClN4O2. The van der Waals surface area contributed by atoms with Crippen molar-refractivity contribution >= 4 is 23.4 Å². The van der Waals surface area contributed by atoms with E-state index in [4.69, 9.17) is 21.6 Å². The zero-order valence-electron chi connectivity index (χ0n) is 14.7. The summed E-state index contributed by atoms with van der Waals surface area (Å²) in [6, 6.07) is 3.67. The van der Waals surface area contributed by atoms with E-state index in [2.05, 4.69) is 9.88 Å². The fraction of sp³-hybridized carbons (Fsp3) is 0.588. The number of rotatable bonds is 1.